The summed E-state index contributed by atoms with van der Waals surface area (Å²) >= 11 is 0. The summed E-state index contributed by atoms with van der Waals surface area (Å²) in [4.78, 5) is 2.27. The van der Waals surface area contributed by atoms with Crippen molar-refractivity contribution in [1.82, 2.24) is 10.1 Å². The Morgan fingerprint density at radius 3 is 2.68 bits per heavy atom. The van der Waals surface area contributed by atoms with Crippen molar-refractivity contribution in [2.75, 3.05) is 19.6 Å². The highest BCUT2D eigenvalue weighted by Gasteiger charge is 2.25. The van der Waals surface area contributed by atoms with Gasteiger partial charge in [0.25, 0.3) is 0 Å². The van der Waals surface area contributed by atoms with Gasteiger partial charge in [-0.1, -0.05) is 5.16 Å². The molecule has 1 unspecified atom stereocenters. The van der Waals surface area contributed by atoms with E-state index in [2.05, 4.69) is 10.1 Å². The lowest BCUT2D eigenvalue weighted by Gasteiger charge is -2.31. The van der Waals surface area contributed by atoms with Crippen molar-refractivity contribution >= 4 is 35.8 Å². The maximum Gasteiger partial charge on any atom is 0.170 e. The summed E-state index contributed by atoms with van der Waals surface area (Å²) < 4.78 is 18.4. The number of aliphatic hydroxyl groups excluding tert-OH is 1. The molecule has 1 aromatic carbocycles. The molecule has 1 aliphatic rings. The Bertz CT molecular complexity index is 598. The summed E-state index contributed by atoms with van der Waals surface area (Å²) in [5, 5.41) is 14.5. The van der Waals surface area contributed by atoms with E-state index in [1.165, 1.54) is 12.1 Å². The molecule has 1 aromatic heterocycles. The lowest BCUT2D eigenvalue weighted by atomic mass is 9.91. The van der Waals surface area contributed by atoms with E-state index in [0.29, 0.717) is 11.5 Å². The third-order valence-electron chi connectivity index (χ3n) is 3.96. The number of rotatable bonds is 3. The molecule has 1 N–H and O–H groups in total. The average molecular weight is 351 g/mol. The number of halogens is 3. The lowest BCUT2D eigenvalue weighted by Crippen LogP contribution is -2.37. The summed E-state index contributed by atoms with van der Waals surface area (Å²) in [6.07, 6.45) is 1.69. The van der Waals surface area contributed by atoms with E-state index in [4.69, 9.17) is 4.52 Å². The number of nitrogens with zero attached hydrogens (tertiary/aromatic N) is 2. The quantitative estimate of drug-likeness (QED) is 0.921. The van der Waals surface area contributed by atoms with Crippen LogP contribution < -0.4 is 0 Å². The monoisotopic (exact) mass is 350 g/mol. The molecular weight excluding hydrogens is 330 g/mol. The van der Waals surface area contributed by atoms with Gasteiger partial charge in [0.2, 0.25) is 0 Å². The molecule has 1 aliphatic heterocycles. The van der Waals surface area contributed by atoms with E-state index in [1.54, 1.807) is 6.07 Å². The van der Waals surface area contributed by atoms with Gasteiger partial charge in [-0.3, -0.25) is 0 Å². The van der Waals surface area contributed by atoms with Crippen molar-refractivity contribution in [3.8, 4) is 0 Å². The molecule has 0 aliphatic carbocycles. The van der Waals surface area contributed by atoms with Crippen molar-refractivity contribution in [3.63, 3.8) is 0 Å². The number of fused-ring (bicyclic) bond motifs is 1. The van der Waals surface area contributed by atoms with Crippen molar-refractivity contribution in [2.45, 2.75) is 31.8 Å². The van der Waals surface area contributed by atoms with Gasteiger partial charge < -0.3 is 14.5 Å². The molecule has 0 radical (unpaired) electrons. The van der Waals surface area contributed by atoms with E-state index >= 15 is 0 Å². The van der Waals surface area contributed by atoms with Gasteiger partial charge in [-0.2, -0.15) is 0 Å². The van der Waals surface area contributed by atoms with E-state index in [1.807, 2.05) is 6.92 Å². The fourth-order valence-electron chi connectivity index (χ4n) is 2.99. The van der Waals surface area contributed by atoms with Crippen LogP contribution in [-0.2, 0) is 0 Å². The molecule has 0 amide bonds. The zero-order valence-corrected chi connectivity index (χ0v) is 14.0. The maximum atomic E-state index is 13.1. The van der Waals surface area contributed by atoms with Gasteiger partial charge in [0.15, 0.2) is 5.58 Å². The van der Waals surface area contributed by atoms with Crippen molar-refractivity contribution < 1.29 is 14.0 Å². The zero-order chi connectivity index (χ0) is 14.1. The predicted molar refractivity (Wildman–Crippen MR) is 88.6 cm³/mol. The first-order valence-electron chi connectivity index (χ1n) is 7.08. The Hall–Kier alpha value is -0.880. The van der Waals surface area contributed by atoms with E-state index in [-0.39, 0.29) is 36.7 Å². The van der Waals surface area contributed by atoms with Crippen molar-refractivity contribution in [1.29, 1.82) is 0 Å². The second kappa shape index (κ2) is 8.11. The molecule has 3 rings (SSSR count). The van der Waals surface area contributed by atoms with Crippen LogP contribution in [0.25, 0.3) is 11.0 Å². The summed E-state index contributed by atoms with van der Waals surface area (Å²) in [7, 11) is 0. The lowest BCUT2D eigenvalue weighted by molar-refractivity contribution is 0.108. The minimum atomic E-state index is -0.299. The standard InChI is InChI=1S/C15H19FN2O2.2ClH/c1-10(19)9-18-6-4-11(5-7-18)15-13-3-2-12(16)8-14(13)20-17-15;;/h2-3,8,10-11,19H,4-7,9H2,1H3;2*1H. The Morgan fingerprint density at radius 1 is 1.36 bits per heavy atom. The Balaban J connectivity index is 0.00000121. The number of benzene rings is 1. The Labute approximate surface area is 141 Å². The number of hydrogen-bond donors (Lipinski definition) is 1. The number of likely N-dealkylation sites (tertiary alicyclic amines) is 1. The van der Waals surface area contributed by atoms with E-state index < -0.39 is 0 Å². The normalized spacial score (nSPS) is 17.8. The number of piperidine rings is 1. The highest BCUT2D eigenvalue weighted by Crippen LogP contribution is 2.32. The molecule has 4 nitrogen and oxygen atoms in total. The first kappa shape index (κ1) is 19.2. The molecule has 22 heavy (non-hydrogen) atoms. The SMILES string of the molecule is CC(O)CN1CCC(c2noc3cc(F)ccc23)CC1.Cl.Cl. The van der Waals surface area contributed by atoms with Crippen molar-refractivity contribution in [3.05, 3.63) is 29.7 Å². The van der Waals surface area contributed by atoms with E-state index in [9.17, 15) is 9.50 Å². The van der Waals surface area contributed by atoms with Crippen LogP contribution in [0.15, 0.2) is 22.7 Å². The molecule has 2 aromatic rings. The zero-order valence-electron chi connectivity index (χ0n) is 12.4. The Kier molecular flexibility index (Phi) is 7.06. The van der Waals surface area contributed by atoms with Gasteiger partial charge in [0.1, 0.15) is 5.82 Å². The number of β-amino-alcohol motifs (C(OH)–C–C–N with tert-alkyl or cyclic N) is 1. The van der Waals surface area contributed by atoms with Crippen LogP contribution in [0.1, 0.15) is 31.4 Å². The summed E-state index contributed by atoms with van der Waals surface area (Å²) in [6.45, 7) is 4.43. The summed E-state index contributed by atoms with van der Waals surface area (Å²) in [5.41, 5.74) is 1.46. The molecule has 7 heteroatoms. The molecule has 1 atom stereocenters. The molecule has 2 heterocycles. The second-order valence-corrected chi connectivity index (χ2v) is 5.63. The van der Waals surface area contributed by atoms with Crippen LogP contribution in [0.3, 0.4) is 0 Å². The fraction of sp³-hybridized carbons (Fsp3) is 0.533. The maximum absolute atomic E-state index is 13.1. The van der Waals surface area contributed by atoms with Crippen LogP contribution in [0.5, 0.6) is 0 Å². The van der Waals surface area contributed by atoms with Gasteiger partial charge in [-0.15, -0.1) is 24.8 Å². The van der Waals surface area contributed by atoms with Gasteiger partial charge in [-0.25, -0.2) is 4.39 Å². The minimum Gasteiger partial charge on any atom is -0.392 e. The van der Waals surface area contributed by atoms with E-state index in [0.717, 1.165) is 43.6 Å². The first-order valence-corrected chi connectivity index (χ1v) is 7.08. The molecule has 124 valence electrons. The largest absolute Gasteiger partial charge is 0.392 e. The van der Waals surface area contributed by atoms with Crippen LogP contribution in [-0.4, -0.2) is 40.9 Å². The van der Waals surface area contributed by atoms with Gasteiger partial charge in [0.05, 0.1) is 11.8 Å². The van der Waals surface area contributed by atoms with Gasteiger partial charge >= 0.3 is 0 Å². The van der Waals surface area contributed by atoms with Crippen LogP contribution >= 0.6 is 24.8 Å². The number of aliphatic hydroxyl groups is 1. The fourth-order valence-corrected chi connectivity index (χ4v) is 2.99. The van der Waals surface area contributed by atoms with Crippen LogP contribution in [0.4, 0.5) is 4.39 Å². The molecule has 0 spiro atoms. The average Bonchev–Trinajstić information content (AvgIpc) is 2.82. The van der Waals surface area contributed by atoms with Gasteiger partial charge in [-0.05, 0) is 45.0 Å². The molecule has 1 saturated heterocycles. The third-order valence-corrected chi connectivity index (χ3v) is 3.96. The highest BCUT2D eigenvalue weighted by atomic mass is 35.5. The molecule has 0 bridgehead atoms. The van der Waals surface area contributed by atoms with Crippen LogP contribution in [0.2, 0.25) is 0 Å². The van der Waals surface area contributed by atoms with Crippen molar-refractivity contribution in [2.24, 2.45) is 0 Å². The molecule has 0 saturated carbocycles. The summed E-state index contributed by atoms with van der Waals surface area (Å²) in [6, 6.07) is 4.58. The molecular formula is C15H21Cl2FN2O2. The summed E-state index contributed by atoms with van der Waals surface area (Å²) in [5.74, 6) is 0.0545. The minimum absolute atomic E-state index is 0. The molecule has 1 fully saturated rings. The smallest absolute Gasteiger partial charge is 0.170 e. The third kappa shape index (κ3) is 4.10. The van der Waals surface area contributed by atoms with Gasteiger partial charge in [0, 0.05) is 23.9 Å². The van der Waals surface area contributed by atoms with Crippen LogP contribution in [0, 0.1) is 5.82 Å². The topological polar surface area (TPSA) is 49.5 Å². The predicted octanol–water partition coefficient (Wildman–Crippen LogP) is 3.37. The Morgan fingerprint density at radius 2 is 2.05 bits per heavy atom. The first-order chi connectivity index (χ1) is 9.63. The number of aromatic nitrogens is 1. The second-order valence-electron chi connectivity index (χ2n) is 5.63. The number of hydrogen-bond acceptors (Lipinski definition) is 4. The highest BCUT2D eigenvalue weighted by molar-refractivity contribution is 5.85.